The Balaban J connectivity index is -0.0000000412. The van der Waals surface area contributed by atoms with Crippen molar-refractivity contribution < 1.29 is 4.57 Å². The zero-order chi connectivity index (χ0) is 6.83. The van der Waals surface area contributed by atoms with Crippen LogP contribution in [0.15, 0.2) is 0 Å². The molecule has 0 aliphatic rings. The SMILES string of the molecule is CCCCNS.Cl.Cl.O=[PH3]. The van der Waals surface area contributed by atoms with Gasteiger partial charge in [0.15, 0.2) is 0 Å². The van der Waals surface area contributed by atoms with E-state index in [-0.39, 0.29) is 24.8 Å². The molecule has 0 aromatic heterocycles. The van der Waals surface area contributed by atoms with Crippen LogP contribution in [-0.4, -0.2) is 6.54 Å². The van der Waals surface area contributed by atoms with E-state index < -0.39 is 0 Å². The number of halogens is 2. The van der Waals surface area contributed by atoms with E-state index in [1.54, 1.807) is 0 Å². The fourth-order valence-corrected chi connectivity index (χ4v) is 0.414. The van der Waals surface area contributed by atoms with Gasteiger partial charge in [-0.25, -0.2) is 0 Å². The maximum atomic E-state index is 8.28. The van der Waals surface area contributed by atoms with E-state index in [0.717, 1.165) is 6.54 Å². The maximum absolute atomic E-state index is 8.28. The molecule has 0 bridgehead atoms. The van der Waals surface area contributed by atoms with Gasteiger partial charge in [0.25, 0.3) is 0 Å². The third kappa shape index (κ3) is 35.4. The summed E-state index contributed by atoms with van der Waals surface area (Å²) in [6, 6.07) is 0. The van der Waals surface area contributed by atoms with Crippen LogP contribution in [-0.2, 0) is 4.57 Å². The summed E-state index contributed by atoms with van der Waals surface area (Å²) in [7, 11) is 0.611. The van der Waals surface area contributed by atoms with E-state index in [9.17, 15) is 0 Å². The molecule has 0 spiro atoms. The highest BCUT2D eigenvalue weighted by atomic mass is 35.5. The minimum Gasteiger partial charge on any atom is -0.333 e. The Morgan fingerprint density at radius 1 is 1.40 bits per heavy atom. The van der Waals surface area contributed by atoms with E-state index in [1.807, 2.05) is 0 Å². The fourth-order valence-electron chi connectivity index (χ4n) is 0.256. The van der Waals surface area contributed by atoms with Crippen molar-refractivity contribution in [2.24, 2.45) is 0 Å². The smallest absolute Gasteiger partial charge is 0.0527 e. The molecule has 0 heterocycles. The van der Waals surface area contributed by atoms with Crippen LogP contribution in [0.4, 0.5) is 0 Å². The van der Waals surface area contributed by atoms with E-state index in [0.29, 0.717) is 9.12 Å². The highest BCUT2D eigenvalue weighted by molar-refractivity contribution is 7.78. The van der Waals surface area contributed by atoms with Gasteiger partial charge in [-0.05, 0) is 6.42 Å². The summed E-state index contributed by atoms with van der Waals surface area (Å²) in [5.74, 6) is 0. The molecule has 0 amide bonds. The van der Waals surface area contributed by atoms with Gasteiger partial charge in [-0.1, -0.05) is 26.2 Å². The summed E-state index contributed by atoms with van der Waals surface area (Å²) in [6.45, 7) is 3.19. The summed E-state index contributed by atoms with van der Waals surface area (Å²) in [6.07, 6.45) is 2.47. The molecule has 0 rings (SSSR count). The average Bonchev–Trinajstić information content (AvgIpc) is 1.88. The Labute approximate surface area is 82.5 Å². The molecule has 0 aromatic carbocycles. The van der Waals surface area contributed by atoms with Gasteiger partial charge in [0, 0.05) is 6.54 Å². The van der Waals surface area contributed by atoms with E-state index >= 15 is 0 Å². The minimum atomic E-state index is 0. The van der Waals surface area contributed by atoms with Crippen LogP contribution in [0.1, 0.15) is 19.8 Å². The molecule has 0 aromatic rings. The topological polar surface area (TPSA) is 29.1 Å². The molecule has 1 unspecified atom stereocenters. The standard InChI is InChI=1S/C4H11NS.2ClH.H3OP/c1-2-3-4-5-6;;;1-2/h5-6H,2-4H2,1H3;2*1H;2H3. The number of thiol groups is 1. The Hall–Kier alpha value is 1.12. The second kappa shape index (κ2) is 32.1. The molecule has 0 aliphatic carbocycles. The molecule has 2 nitrogen and oxygen atoms in total. The zero-order valence-corrected chi connectivity index (χ0v) is 9.94. The van der Waals surface area contributed by atoms with Gasteiger partial charge in [-0.3, -0.25) is 4.72 Å². The molecule has 0 saturated carbocycles. The molecule has 6 heteroatoms. The summed E-state index contributed by atoms with van der Waals surface area (Å²) in [4.78, 5) is 0. The number of hydrogen-bond acceptors (Lipinski definition) is 3. The van der Waals surface area contributed by atoms with Crippen LogP contribution in [0.25, 0.3) is 0 Å². The monoisotopic (exact) mass is 227 g/mol. The van der Waals surface area contributed by atoms with Crippen molar-refractivity contribution in [3.05, 3.63) is 0 Å². The van der Waals surface area contributed by atoms with Crippen LogP contribution in [0.5, 0.6) is 0 Å². The quantitative estimate of drug-likeness (QED) is 0.439. The van der Waals surface area contributed by atoms with Crippen molar-refractivity contribution in [2.45, 2.75) is 19.8 Å². The molecule has 0 radical (unpaired) electrons. The first-order valence-corrected chi connectivity index (χ1v) is 3.60. The van der Waals surface area contributed by atoms with Gasteiger partial charge in [0.1, 0.15) is 0 Å². The van der Waals surface area contributed by atoms with Crippen LogP contribution in [0.3, 0.4) is 0 Å². The summed E-state index contributed by atoms with van der Waals surface area (Å²) < 4.78 is 11.0. The minimum absolute atomic E-state index is 0. The molecule has 1 N–H and O–H groups in total. The lowest BCUT2D eigenvalue weighted by atomic mass is 10.3. The average molecular weight is 228 g/mol. The zero-order valence-electron chi connectivity index (χ0n) is 6.00. The predicted octanol–water partition coefficient (Wildman–Crippen LogP) is 2.00. The largest absolute Gasteiger partial charge is 0.333 e. The second-order valence-electron chi connectivity index (χ2n) is 1.26. The van der Waals surface area contributed by atoms with Crippen LogP contribution >= 0.6 is 46.7 Å². The van der Waals surface area contributed by atoms with Crippen LogP contribution in [0.2, 0.25) is 0 Å². The molecule has 0 saturated heterocycles. The van der Waals surface area contributed by atoms with Gasteiger partial charge in [-0.15, -0.1) is 24.8 Å². The first kappa shape index (κ1) is 22.5. The van der Waals surface area contributed by atoms with Gasteiger partial charge < -0.3 is 4.57 Å². The van der Waals surface area contributed by atoms with Gasteiger partial charge in [-0.2, -0.15) is 0 Å². The molecule has 1 atom stereocenters. The fraction of sp³-hybridized carbons (Fsp3) is 1.00. The summed E-state index contributed by atoms with van der Waals surface area (Å²) in [5.41, 5.74) is 0. The number of rotatable bonds is 3. The number of unbranched alkanes of at least 4 members (excludes halogenated alkanes) is 1. The Morgan fingerprint density at radius 2 is 1.80 bits per heavy atom. The Morgan fingerprint density at radius 3 is 1.90 bits per heavy atom. The van der Waals surface area contributed by atoms with Crippen molar-refractivity contribution >= 4 is 46.7 Å². The maximum Gasteiger partial charge on any atom is 0.0527 e. The molecular weight excluding hydrogens is 212 g/mol. The Kier molecular flexibility index (Phi) is 72.1. The van der Waals surface area contributed by atoms with Crippen molar-refractivity contribution in [1.29, 1.82) is 0 Å². The van der Waals surface area contributed by atoms with Crippen molar-refractivity contribution in [3.63, 3.8) is 0 Å². The van der Waals surface area contributed by atoms with Crippen molar-refractivity contribution in [3.8, 4) is 0 Å². The molecular formula is C4H16Cl2NOPS. The van der Waals surface area contributed by atoms with Crippen LogP contribution < -0.4 is 4.72 Å². The molecule has 0 fully saturated rings. The van der Waals surface area contributed by atoms with Gasteiger partial charge in [0.2, 0.25) is 0 Å². The predicted molar refractivity (Wildman–Crippen MR) is 58.2 cm³/mol. The lowest BCUT2D eigenvalue weighted by molar-refractivity contribution is 0.607. The third-order valence-electron chi connectivity index (χ3n) is 0.642. The van der Waals surface area contributed by atoms with E-state index in [1.165, 1.54) is 12.8 Å². The molecule has 68 valence electrons. The van der Waals surface area contributed by atoms with Crippen LogP contribution in [0, 0.1) is 0 Å². The lowest BCUT2D eigenvalue weighted by Crippen LogP contribution is -1.98. The number of nitrogens with one attached hydrogen (secondary N) is 1. The summed E-state index contributed by atoms with van der Waals surface area (Å²) in [5, 5.41) is 0. The normalized spacial score (nSPS) is 6.20. The summed E-state index contributed by atoms with van der Waals surface area (Å²) >= 11 is 3.80. The van der Waals surface area contributed by atoms with Crippen molar-refractivity contribution in [1.82, 2.24) is 4.72 Å². The lowest BCUT2D eigenvalue weighted by Gasteiger charge is -1.88. The van der Waals surface area contributed by atoms with E-state index in [4.69, 9.17) is 4.57 Å². The van der Waals surface area contributed by atoms with Gasteiger partial charge in [0.05, 0.1) is 9.12 Å². The highest BCUT2D eigenvalue weighted by Gasteiger charge is 1.74. The highest BCUT2D eigenvalue weighted by Crippen LogP contribution is 1.81. The molecule has 10 heavy (non-hydrogen) atoms. The second-order valence-corrected chi connectivity index (χ2v) is 1.58. The van der Waals surface area contributed by atoms with Gasteiger partial charge >= 0.3 is 0 Å². The molecule has 0 aliphatic heterocycles. The first-order valence-electron chi connectivity index (χ1n) is 2.57. The first-order chi connectivity index (χ1) is 3.91. The third-order valence-corrected chi connectivity index (χ3v) is 0.866. The van der Waals surface area contributed by atoms with Crippen molar-refractivity contribution in [2.75, 3.05) is 6.54 Å². The Bertz CT molecular complexity index is 42.4. The number of hydrogen-bond donors (Lipinski definition) is 2. The van der Waals surface area contributed by atoms with E-state index in [2.05, 4.69) is 24.5 Å².